The smallest absolute Gasteiger partial charge is 0.141 e. The molecule has 1 atom stereocenters. The van der Waals surface area contributed by atoms with E-state index in [1.807, 2.05) is 0 Å². The summed E-state index contributed by atoms with van der Waals surface area (Å²) >= 11 is 0. The first-order chi connectivity index (χ1) is 9.22. The Kier molecular flexibility index (Phi) is 3.66. The molecular formula is C14H21FN4. The topological polar surface area (TPSA) is 22.6 Å². The maximum Gasteiger partial charge on any atom is 0.141 e. The van der Waals surface area contributed by atoms with Gasteiger partial charge in [-0.2, -0.15) is 0 Å². The molecule has 0 aromatic carbocycles. The fourth-order valence-corrected chi connectivity index (χ4v) is 3.08. The molecule has 0 spiro atoms. The van der Waals surface area contributed by atoms with Gasteiger partial charge in [0.25, 0.3) is 0 Å². The third kappa shape index (κ3) is 2.87. The highest BCUT2D eigenvalue weighted by Crippen LogP contribution is 2.19. The van der Waals surface area contributed by atoms with Crippen molar-refractivity contribution in [3.05, 3.63) is 24.1 Å². The molecule has 0 saturated carbocycles. The van der Waals surface area contributed by atoms with Gasteiger partial charge in [0.15, 0.2) is 0 Å². The summed E-state index contributed by atoms with van der Waals surface area (Å²) in [6, 6.07) is 3.97. The Balaban J connectivity index is 1.56. The van der Waals surface area contributed by atoms with Crippen LogP contribution in [0.2, 0.25) is 0 Å². The summed E-state index contributed by atoms with van der Waals surface area (Å²) in [6.45, 7) is 6.53. The molecule has 2 saturated heterocycles. The molecule has 0 radical (unpaired) electrons. The fraction of sp³-hybridized carbons (Fsp3) is 0.643. The van der Waals surface area contributed by atoms with Crippen LogP contribution in [0.4, 0.5) is 10.2 Å². The Bertz CT molecular complexity index is 414. The molecule has 1 unspecified atom stereocenters. The Morgan fingerprint density at radius 1 is 1.16 bits per heavy atom. The molecule has 2 aliphatic heterocycles. The summed E-state index contributed by atoms with van der Waals surface area (Å²) in [6.07, 6.45) is 2.58. The molecule has 0 bridgehead atoms. The van der Waals surface area contributed by atoms with E-state index >= 15 is 0 Å². The second kappa shape index (κ2) is 5.43. The fourth-order valence-electron chi connectivity index (χ4n) is 3.08. The van der Waals surface area contributed by atoms with E-state index in [0.717, 1.165) is 32.0 Å². The number of likely N-dealkylation sites (N-methyl/N-ethyl adjacent to an activating group) is 1. The summed E-state index contributed by atoms with van der Waals surface area (Å²) in [5.41, 5.74) is 0. The van der Waals surface area contributed by atoms with Gasteiger partial charge in [0.2, 0.25) is 0 Å². The van der Waals surface area contributed by atoms with Gasteiger partial charge in [-0.25, -0.2) is 9.37 Å². The number of aromatic nitrogens is 1. The van der Waals surface area contributed by atoms with E-state index in [-0.39, 0.29) is 5.82 Å². The van der Waals surface area contributed by atoms with Gasteiger partial charge < -0.3 is 9.80 Å². The van der Waals surface area contributed by atoms with Gasteiger partial charge in [0.1, 0.15) is 11.6 Å². The first-order valence-corrected chi connectivity index (χ1v) is 7.01. The molecule has 3 heterocycles. The Morgan fingerprint density at radius 3 is 2.53 bits per heavy atom. The second-order valence-electron chi connectivity index (χ2n) is 5.56. The molecule has 2 aliphatic rings. The van der Waals surface area contributed by atoms with Crippen molar-refractivity contribution in [3.8, 4) is 0 Å². The van der Waals surface area contributed by atoms with Crippen molar-refractivity contribution >= 4 is 5.82 Å². The van der Waals surface area contributed by atoms with Crippen molar-refractivity contribution in [3.63, 3.8) is 0 Å². The van der Waals surface area contributed by atoms with Crippen LogP contribution in [0.1, 0.15) is 6.42 Å². The normalized spacial score (nSPS) is 26.0. The molecule has 2 fully saturated rings. The summed E-state index contributed by atoms with van der Waals surface area (Å²) in [5.74, 6) is 0.626. The van der Waals surface area contributed by atoms with Gasteiger partial charge in [-0.15, -0.1) is 0 Å². The molecule has 0 amide bonds. The number of halogens is 1. The molecule has 0 aliphatic carbocycles. The third-order valence-corrected chi connectivity index (χ3v) is 4.23. The van der Waals surface area contributed by atoms with Crippen molar-refractivity contribution < 1.29 is 4.39 Å². The van der Waals surface area contributed by atoms with Crippen molar-refractivity contribution in [1.29, 1.82) is 0 Å². The summed E-state index contributed by atoms with van der Waals surface area (Å²) in [4.78, 5) is 11.4. The SMILES string of the molecule is CN1CCC(N2CCN(c3ccc(F)cn3)CC2)C1. The first-order valence-electron chi connectivity index (χ1n) is 7.01. The number of hydrogen-bond acceptors (Lipinski definition) is 4. The molecule has 3 rings (SSSR count). The highest BCUT2D eigenvalue weighted by Gasteiger charge is 2.28. The van der Waals surface area contributed by atoms with Gasteiger partial charge in [0.05, 0.1) is 6.20 Å². The summed E-state index contributed by atoms with van der Waals surface area (Å²) in [5, 5.41) is 0. The monoisotopic (exact) mass is 264 g/mol. The lowest BCUT2D eigenvalue weighted by Gasteiger charge is -2.38. The van der Waals surface area contributed by atoms with E-state index in [9.17, 15) is 4.39 Å². The highest BCUT2D eigenvalue weighted by atomic mass is 19.1. The molecule has 1 aromatic heterocycles. The van der Waals surface area contributed by atoms with E-state index < -0.39 is 0 Å². The van der Waals surface area contributed by atoms with Crippen molar-refractivity contribution in [1.82, 2.24) is 14.8 Å². The van der Waals surface area contributed by atoms with Crippen LogP contribution in [-0.2, 0) is 0 Å². The van der Waals surface area contributed by atoms with Crippen molar-refractivity contribution in [2.75, 3.05) is 51.2 Å². The minimum absolute atomic E-state index is 0.267. The average Bonchev–Trinajstić information content (AvgIpc) is 2.87. The number of anilines is 1. The molecule has 5 heteroatoms. The van der Waals surface area contributed by atoms with Gasteiger partial charge >= 0.3 is 0 Å². The maximum absolute atomic E-state index is 12.9. The van der Waals surface area contributed by atoms with E-state index in [0.29, 0.717) is 6.04 Å². The van der Waals surface area contributed by atoms with Crippen LogP contribution < -0.4 is 4.90 Å². The van der Waals surface area contributed by atoms with Crippen LogP contribution in [0.25, 0.3) is 0 Å². The third-order valence-electron chi connectivity index (χ3n) is 4.23. The number of likely N-dealkylation sites (tertiary alicyclic amines) is 1. The predicted octanol–water partition coefficient (Wildman–Crippen LogP) is 1.05. The molecular weight excluding hydrogens is 243 g/mol. The van der Waals surface area contributed by atoms with Crippen LogP contribution in [0.3, 0.4) is 0 Å². The largest absolute Gasteiger partial charge is 0.354 e. The number of nitrogens with zero attached hydrogens (tertiary/aromatic N) is 4. The van der Waals surface area contributed by atoms with Crippen LogP contribution >= 0.6 is 0 Å². The lowest BCUT2D eigenvalue weighted by molar-refractivity contribution is 0.187. The number of hydrogen-bond donors (Lipinski definition) is 0. The Hall–Kier alpha value is -1.20. The van der Waals surface area contributed by atoms with E-state index in [1.54, 1.807) is 6.07 Å². The van der Waals surface area contributed by atoms with Gasteiger partial charge in [-0.1, -0.05) is 0 Å². The van der Waals surface area contributed by atoms with E-state index in [2.05, 4.69) is 26.7 Å². The lowest BCUT2D eigenvalue weighted by Crippen LogP contribution is -2.51. The first kappa shape index (κ1) is 12.8. The van der Waals surface area contributed by atoms with Crippen molar-refractivity contribution in [2.24, 2.45) is 0 Å². The van der Waals surface area contributed by atoms with E-state index in [1.165, 1.54) is 31.8 Å². The van der Waals surface area contributed by atoms with Gasteiger partial charge in [-0.05, 0) is 32.1 Å². The molecule has 104 valence electrons. The highest BCUT2D eigenvalue weighted by molar-refractivity contribution is 5.38. The maximum atomic E-state index is 12.9. The zero-order chi connectivity index (χ0) is 13.2. The lowest BCUT2D eigenvalue weighted by atomic mass is 10.2. The van der Waals surface area contributed by atoms with Crippen LogP contribution in [0.5, 0.6) is 0 Å². The molecule has 4 nitrogen and oxygen atoms in total. The second-order valence-corrected chi connectivity index (χ2v) is 5.56. The Labute approximate surface area is 113 Å². The van der Waals surface area contributed by atoms with Crippen LogP contribution in [0, 0.1) is 5.82 Å². The molecule has 0 N–H and O–H groups in total. The van der Waals surface area contributed by atoms with Crippen LogP contribution in [-0.4, -0.2) is 67.1 Å². The number of pyridine rings is 1. The van der Waals surface area contributed by atoms with Crippen LogP contribution in [0.15, 0.2) is 18.3 Å². The number of piperazine rings is 1. The summed E-state index contributed by atoms with van der Waals surface area (Å²) in [7, 11) is 2.19. The minimum Gasteiger partial charge on any atom is -0.354 e. The quantitative estimate of drug-likeness (QED) is 0.796. The minimum atomic E-state index is -0.267. The number of rotatable bonds is 2. The van der Waals surface area contributed by atoms with E-state index in [4.69, 9.17) is 0 Å². The Morgan fingerprint density at radius 2 is 1.95 bits per heavy atom. The predicted molar refractivity (Wildman–Crippen MR) is 73.9 cm³/mol. The zero-order valence-corrected chi connectivity index (χ0v) is 11.4. The molecule has 19 heavy (non-hydrogen) atoms. The molecule has 1 aromatic rings. The zero-order valence-electron chi connectivity index (χ0n) is 11.4. The van der Waals surface area contributed by atoms with Gasteiger partial charge in [0, 0.05) is 38.8 Å². The van der Waals surface area contributed by atoms with Gasteiger partial charge in [-0.3, -0.25) is 4.90 Å². The van der Waals surface area contributed by atoms with Crippen molar-refractivity contribution in [2.45, 2.75) is 12.5 Å². The summed E-state index contributed by atoms with van der Waals surface area (Å²) < 4.78 is 12.9. The standard InChI is InChI=1S/C14H21FN4/c1-17-5-4-13(11-17)18-6-8-19(9-7-18)14-3-2-12(15)10-16-14/h2-3,10,13H,4-9,11H2,1H3. The average molecular weight is 264 g/mol.